The van der Waals surface area contributed by atoms with E-state index in [9.17, 15) is 8.42 Å². The normalized spacial score (nSPS) is 18.7. The van der Waals surface area contributed by atoms with E-state index in [1.807, 2.05) is 12.1 Å². The van der Waals surface area contributed by atoms with Crippen molar-refractivity contribution in [3.05, 3.63) is 29.8 Å². The van der Waals surface area contributed by atoms with Crippen LogP contribution in [0.5, 0.6) is 0 Å². The molecule has 0 bridgehead atoms. The van der Waals surface area contributed by atoms with Gasteiger partial charge in [0.25, 0.3) is 0 Å². The second-order valence-electron chi connectivity index (χ2n) is 7.18. The second-order valence-corrected chi connectivity index (χ2v) is 8.94. The van der Waals surface area contributed by atoms with Gasteiger partial charge in [0.05, 0.1) is 4.90 Å². The molecule has 5 heteroatoms. The lowest BCUT2D eigenvalue weighted by atomic mass is 9.61. The Morgan fingerprint density at radius 1 is 1.17 bits per heavy atom. The number of rotatable bonds is 8. The van der Waals surface area contributed by atoms with E-state index in [1.54, 1.807) is 12.1 Å². The molecule has 0 spiro atoms. The Labute approximate surface area is 140 Å². The standard InChI is InChI=1S/C18H29NO3S/c1-14(2)16-5-7-17(8-6-16)23(21,22)19-13-18(10-4-11-18)15(3)9-12-20/h5-8,14-15,19-20H,4,9-13H2,1-3H3/t15-/m0/s1. The molecule has 0 radical (unpaired) electrons. The zero-order valence-corrected chi connectivity index (χ0v) is 15.2. The molecule has 130 valence electrons. The smallest absolute Gasteiger partial charge is 0.240 e. The number of sulfonamides is 1. The molecule has 0 aliphatic heterocycles. The first-order chi connectivity index (χ1) is 10.8. The van der Waals surface area contributed by atoms with Crippen molar-refractivity contribution in [2.75, 3.05) is 13.2 Å². The molecular formula is C18H29NO3S. The van der Waals surface area contributed by atoms with Crippen molar-refractivity contribution in [3.63, 3.8) is 0 Å². The summed E-state index contributed by atoms with van der Waals surface area (Å²) < 4.78 is 27.8. The van der Waals surface area contributed by atoms with Crippen molar-refractivity contribution in [1.82, 2.24) is 4.72 Å². The maximum absolute atomic E-state index is 12.5. The minimum atomic E-state index is -3.47. The summed E-state index contributed by atoms with van der Waals surface area (Å²) in [4.78, 5) is 0.325. The number of aliphatic hydroxyl groups is 1. The highest BCUT2D eigenvalue weighted by atomic mass is 32.2. The van der Waals surface area contributed by atoms with Gasteiger partial charge in [-0.1, -0.05) is 39.3 Å². The maximum Gasteiger partial charge on any atom is 0.240 e. The minimum absolute atomic E-state index is 0.00761. The van der Waals surface area contributed by atoms with Crippen LogP contribution in [0, 0.1) is 11.3 Å². The summed E-state index contributed by atoms with van der Waals surface area (Å²) in [6.07, 6.45) is 3.93. The summed E-state index contributed by atoms with van der Waals surface area (Å²) in [5.74, 6) is 0.713. The quantitative estimate of drug-likeness (QED) is 0.764. The SMILES string of the molecule is CC(C)c1ccc(S(=O)(=O)NCC2([C@@H](C)CCO)CCC2)cc1. The average molecular weight is 340 g/mol. The highest BCUT2D eigenvalue weighted by Gasteiger charge is 2.42. The van der Waals surface area contributed by atoms with Crippen LogP contribution in [0.2, 0.25) is 0 Å². The molecule has 2 N–H and O–H groups in total. The molecule has 1 aliphatic rings. The van der Waals surface area contributed by atoms with Gasteiger partial charge in [-0.05, 0) is 54.2 Å². The monoisotopic (exact) mass is 339 g/mol. The lowest BCUT2D eigenvalue weighted by Gasteiger charge is -2.46. The Morgan fingerprint density at radius 2 is 1.78 bits per heavy atom. The van der Waals surface area contributed by atoms with Crippen molar-refractivity contribution in [2.45, 2.75) is 57.3 Å². The molecule has 4 nitrogen and oxygen atoms in total. The third-order valence-electron chi connectivity index (χ3n) is 5.43. The highest BCUT2D eigenvalue weighted by molar-refractivity contribution is 7.89. The number of benzene rings is 1. The van der Waals surface area contributed by atoms with E-state index < -0.39 is 10.0 Å². The minimum Gasteiger partial charge on any atom is -0.396 e. The van der Waals surface area contributed by atoms with E-state index >= 15 is 0 Å². The molecule has 1 saturated carbocycles. The topological polar surface area (TPSA) is 66.4 Å². The van der Waals surface area contributed by atoms with Crippen LogP contribution in [-0.2, 0) is 10.0 Å². The fourth-order valence-electron chi connectivity index (χ4n) is 3.33. The average Bonchev–Trinajstić information content (AvgIpc) is 2.46. The van der Waals surface area contributed by atoms with Gasteiger partial charge in [-0.2, -0.15) is 0 Å². The fraction of sp³-hybridized carbons (Fsp3) is 0.667. The summed E-state index contributed by atoms with van der Waals surface area (Å²) in [6, 6.07) is 7.13. The van der Waals surface area contributed by atoms with Crippen LogP contribution >= 0.6 is 0 Å². The molecule has 1 aromatic rings. The predicted molar refractivity (Wildman–Crippen MR) is 92.9 cm³/mol. The third kappa shape index (κ3) is 4.14. The fourth-order valence-corrected chi connectivity index (χ4v) is 4.47. The van der Waals surface area contributed by atoms with Gasteiger partial charge < -0.3 is 5.11 Å². The Morgan fingerprint density at radius 3 is 2.22 bits per heavy atom. The summed E-state index contributed by atoms with van der Waals surface area (Å²) >= 11 is 0. The summed E-state index contributed by atoms with van der Waals surface area (Å²) in [6.45, 7) is 6.91. The maximum atomic E-state index is 12.5. The van der Waals surface area contributed by atoms with E-state index in [-0.39, 0.29) is 12.0 Å². The Balaban J connectivity index is 2.06. The van der Waals surface area contributed by atoms with Gasteiger partial charge in [-0.25, -0.2) is 13.1 Å². The van der Waals surface area contributed by atoms with E-state index in [0.29, 0.717) is 23.3 Å². The molecule has 0 aromatic heterocycles. The van der Waals surface area contributed by atoms with Crippen LogP contribution in [0.1, 0.15) is 57.9 Å². The third-order valence-corrected chi connectivity index (χ3v) is 6.85. The molecule has 0 heterocycles. The van der Waals surface area contributed by atoms with Gasteiger partial charge in [-0.15, -0.1) is 0 Å². The molecule has 0 amide bonds. The van der Waals surface area contributed by atoms with Crippen LogP contribution < -0.4 is 4.72 Å². The number of hydrogen-bond donors (Lipinski definition) is 2. The molecule has 1 atom stereocenters. The van der Waals surface area contributed by atoms with Crippen LogP contribution in [-0.4, -0.2) is 26.7 Å². The first-order valence-corrected chi connectivity index (χ1v) is 9.99. The van der Waals surface area contributed by atoms with Gasteiger partial charge in [0, 0.05) is 13.2 Å². The predicted octanol–water partition coefficient (Wildman–Crippen LogP) is 3.28. The van der Waals surface area contributed by atoms with Crippen molar-refractivity contribution in [3.8, 4) is 0 Å². The van der Waals surface area contributed by atoms with Crippen molar-refractivity contribution in [1.29, 1.82) is 0 Å². The summed E-state index contributed by atoms with van der Waals surface area (Å²) in [5.41, 5.74) is 1.14. The van der Waals surface area contributed by atoms with Crippen LogP contribution in [0.4, 0.5) is 0 Å². The Hall–Kier alpha value is -0.910. The zero-order valence-electron chi connectivity index (χ0n) is 14.4. The second kappa shape index (κ2) is 7.32. The van der Waals surface area contributed by atoms with Gasteiger partial charge >= 0.3 is 0 Å². The van der Waals surface area contributed by atoms with E-state index in [0.717, 1.165) is 31.2 Å². The van der Waals surface area contributed by atoms with Crippen LogP contribution in [0.3, 0.4) is 0 Å². The van der Waals surface area contributed by atoms with Gasteiger partial charge in [-0.3, -0.25) is 0 Å². The lowest BCUT2D eigenvalue weighted by molar-refractivity contribution is 0.0487. The number of nitrogens with one attached hydrogen (secondary N) is 1. The highest BCUT2D eigenvalue weighted by Crippen LogP contribution is 2.47. The molecule has 1 aromatic carbocycles. The zero-order chi connectivity index (χ0) is 17.1. The summed E-state index contributed by atoms with van der Waals surface area (Å²) in [5, 5.41) is 9.16. The number of hydrogen-bond acceptors (Lipinski definition) is 3. The Bertz CT molecular complexity index is 604. The largest absolute Gasteiger partial charge is 0.396 e. The van der Waals surface area contributed by atoms with Gasteiger partial charge in [0.15, 0.2) is 0 Å². The van der Waals surface area contributed by atoms with E-state index in [4.69, 9.17) is 5.11 Å². The molecule has 2 rings (SSSR count). The molecule has 0 saturated heterocycles. The van der Waals surface area contributed by atoms with E-state index in [2.05, 4.69) is 25.5 Å². The molecular weight excluding hydrogens is 310 g/mol. The first kappa shape index (κ1) is 18.4. The van der Waals surface area contributed by atoms with Crippen LogP contribution in [0.15, 0.2) is 29.2 Å². The molecule has 0 unspecified atom stereocenters. The van der Waals surface area contributed by atoms with Crippen molar-refractivity contribution in [2.24, 2.45) is 11.3 Å². The van der Waals surface area contributed by atoms with E-state index in [1.165, 1.54) is 0 Å². The first-order valence-electron chi connectivity index (χ1n) is 8.51. The molecule has 1 fully saturated rings. The summed E-state index contributed by atoms with van der Waals surface area (Å²) in [7, 11) is -3.47. The lowest BCUT2D eigenvalue weighted by Crippen LogP contribution is -2.46. The van der Waals surface area contributed by atoms with Crippen molar-refractivity contribution >= 4 is 10.0 Å². The van der Waals surface area contributed by atoms with Gasteiger partial charge in [0.2, 0.25) is 10.0 Å². The van der Waals surface area contributed by atoms with Crippen LogP contribution in [0.25, 0.3) is 0 Å². The molecule has 23 heavy (non-hydrogen) atoms. The Kier molecular flexibility index (Phi) is 5.87. The van der Waals surface area contributed by atoms with Gasteiger partial charge in [0.1, 0.15) is 0 Å². The molecule has 1 aliphatic carbocycles. The van der Waals surface area contributed by atoms with Crippen molar-refractivity contribution < 1.29 is 13.5 Å². The number of aliphatic hydroxyl groups excluding tert-OH is 1.